The predicted octanol–water partition coefficient (Wildman–Crippen LogP) is 2.64. The maximum atomic E-state index is 12.7. The van der Waals surface area contributed by atoms with Crippen LogP contribution in [0.15, 0.2) is 36.0 Å². The standard InChI is InChI=1S/C22H31N5O2/c1-26(2)15-8-13-23-22(29)20-25-19(18-11-6-7-16-27(18)20)21(28)24-14-12-17-9-4-3-5-10-17/h6-7,9,11,16H,3-5,8,10,12-15H2,1-2H3,(H,23,29)(H,24,28). The van der Waals surface area contributed by atoms with Crippen molar-refractivity contribution in [3.63, 3.8) is 0 Å². The fourth-order valence-corrected chi connectivity index (χ4v) is 3.59. The molecule has 0 saturated carbocycles. The fourth-order valence-electron chi connectivity index (χ4n) is 3.59. The van der Waals surface area contributed by atoms with Crippen molar-refractivity contribution >= 4 is 17.3 Å². The predicted molar refractivity (Wildman–Crippen MR) is 114 cm³/mol. The molecule has 2 aromatic rings. The van der Waals surface area contributed by atoms with Crippen molar-refractivity contribution in [1.82, 2.24) is 24.9 Å². The van der Waals surface area contributed by atoms with Crippen LogP contribution in [0, 0.1) is 0 Å². The monoisotopic (exact) mass is 397 g/mol. The summed E-state index contributed by atoms with van der Waals surface area (Å²) < 4.78 is 1.68. The molecule has 2 N–H and O–H groups in total. The summed E-state index contributed by atoms with van der Waals surface area (Å²) in [6.07, 6.45) is 10.5. The number of amides is 2. The van der Waals surface area contributed by atoms with Crippen LogP contribution in [0.1, 0.15) is 59.6 Å². The number of nitrogens with one attached hydrogen (secondary N) is 2. The average molecular weight is 398 g/mol. The van der Waals surface area contributed by atoms with Gasteiger partial charge >= 0.3 is 0 Å². The van der Waals surface area contributed by atoms with Gasteiger partial charge in [0.2, 0.25) is 5.82 Å². The molecule has 29 heavy (non-hydrogen) atoms. The van der Waals surface area contributed by atoms with Gasteiger partial charge in [-0.1, -0.05) is 17.7 Å². The molecule has 2 amide bonds. The molecule has 0 bridgehead atoms. The van der Waals surface area contributed by atoms with Crippen LogP contribution in [0.5, 0.6) is 0 Å². The van der Waals surface area contributed by atoms with E-state index in [1.165, 1.54) is 18.4 Å². The largest absolute Gasteiger partial charge is 0.350 e. The third-order valence-electron chi connectivity index (χ3n) is 5.15. The number of hydrogen-bond donors (Lipinski definition) is 2. The van der Waals surface area contributed by atoms with E-state index >= 15 is 0 Å². The number of carbonyl (C=O) groups excluding carboxylic acids is 2. The van der Waals surface area contributed by atoms with E-state index in [4.69, 9.17) is 0 Å². The smallest absolute Gasteiger partial charge is 0.287 e. The Balaban J connectivity index is 1.65. The van der Waals surface area contributed by atoms with Crippen molar-refractivity contribution in [3.8, 4) is 0 Å². The van der Waals surface area contributed by atoms with E-state index in [0.29, 0.717) is 24.3 Å². The zero-order valence-corrected chi connectivity index (χ0v) is 17.4. The Bertz CT molecular complexity index is 884. The second-order valence-corrected chi connectivity index (χ2v) is 7.77. The number of hydrogen-bond acceptors (Lipinski definition) is 4. The molecule has 3 rings (SSSR count). The first kappa shape index (κ1) is 21.0. The molecule has 0 radical (unpaired) electrons. The van der Waals surface area contributed by atoms with Gasteiger partial charge in [0.1, 0.15) is 0 Å². The van der Waals surface area contributed by atoms with Crippen LogP contribution in [-0.4, -0.2) is 59.8 Å². The molecule has 7 heteroatoms. The average Bonchev–Trinajstić information content (AvgIpc) is 3.11. The lowest BCUT2D eigenvalue weighted by Crippen LogP contribution is -2.29. The SMILES string of the molecule is CN(C)CCCNC(=O)c1nc(C(=O)NCCC2=CCCCC2)c2ccccn12. The summed E-state index contributed by atoms with van der Waals surface area (Å²) in [5.41, 5.74) is 2.35. The summed E-state index contributed by atoms with van der Waals surface area (Å²) in [7, 11) is 4.00. The van der Waals surface area contributed by atoms with Gasteiger partial charge in [0.25, 0.3) is 11.8 Å². The first-order chi connectivity index (χ1) is 14.1. The van der Waals surface area contributed by atoms with Gasteiger partial charge in [0.05, 0.1) is 5.52 Å². The van der Waals surface area contributed by atoms with Crippen molar-refractivity contribution in [2.75, 3.05) is 33.7 Å². The number of rotatable bonds is 9. The van der Waals surface area contributed by atoms with Crippen LogP contribution >= 0.6 is 0 Å². The van der Waals surface area contributed by atoms with E-state index in [0.717, 1.165) is 32.2 Å². The molecule has 2 aromatic heterocycles. The minimum Gasteiger partial charge on any atom is -0.350 e. The van der Waals surface area contributed by atoms with Crippen LogP contribution in [-0.2, 0) is 0 Å². The van der Waals surface area contributed by atoms with E-state index in [2.05, 4.69) is 26.6 Å². The highest BCUT2D eigenvalue weighted by Crippen LogP contribution is 2.19. The minimum atomic E-state index is -0.267. The highest BCUT2D eigenvalue weighted by Gasteiger charge is 2.21. The Hall–Kier alpha value is -2.67. The van der Waals surface area contributed by atoms with Gasteiger partial charge in [0, 0.05) is 19.3 Å². The summed E-state index contributed by atoms with van der Waals surface area (Å²) in [4.78, 5) is 31.8. The molecule has 1 aliphatic rings. The van der Waals surface area contributed by atoms with E-state index in [9.17, 15) is 9.59 Å². The second kappa shape index (κ2) is 10.2. The molecule has 2 heterocycles. The van der Waals surface area contributed by atoms with Gasteiger partial charge < -0.3 is 15.5 Å². The first-order valence-corrected chi connectivity index (χ1v) is 10.4. The quantitative estimate of drug-likeness (QED) is 0.504. The molecule has 1 aliphatic carbocycles. The molecule has 0 aromatic carbocycles. The maximum Gasteiger partial charge on any atom is 0.287 e. The summed E-state index contributed by atoms with van der Waals surface area (Å²) in [5.74, 6) is -0.265. The second-order valence-electron chi connectivity index (χ2n) is 7.77. The highest BCUT2D eigenvalue weighted by atomic mass is 16.2. The van der Waals surface area contributed by atoms with Crippen LogP contribution in [0.3, 0.4) is 0 Å². The maximum absolute atomic E-state index is 12.7. The molecule has 0 saturated heterocycles. The van der Waals surface area contributed by atoms with Crippen molar-refractivity contribution < 1.29 is 9.59 Å². The summed E-state index contributed by atoms with van der Waals surface area (Å²) in [6, 6.07) is 5.49. The van der Waals surface area contributed by atoms with Crippen molar-refractivity contribution in [1.29, 1.82) is 0 Å². The first-order valence-electron chi connectivity index (χ1n) is 10.4. The highest BCUT2D eigenvalue weighted by molar-refractivity contribution is 6.02. The van der Waals surface area contributed by atoms with Gasteiger partial charge in [0.15, 0.2) is 5.69 Å². The van der Waals surface area contributed by atoms with Crippen molar-refractivity contribution in [2.24, 2.45) is 0 Å². The van der Waals surface area contributed by atoms with E-state index in [1.807, 2.05) is 32.3 Å². The zero-order chi connectivity index (χ0) is 20.6. The van der Waals surface area contributed by atoms with Crippen LogP contribution in [0.25, 0.3) is 5.52 Å². The van der Waals surface area contributed by atoms with Gasteiger partial charge in [-0.3, -0.25) is 14.0 Å². The number of fused-ring (bicyclic) bond motifs is 1. The number of pyridine rings is 1. The fraction of sp³-hybridized carbons (Fsp3) is 0.500. The molecule has 0 fully saturated rings. The number of carbonyl (C=O) groups is 2. The lowest BCUT2D eigenvalue weighted by Gasteiger charge is -2.12. The van der Waals surface area contributed by atoms with Crippen molar-refractivity contribution in [2.45, 2.75) is 38.5 Å². The van der Waals surface area contributed by atoms with Crippen LogP contribution in [0.2, 0.25) is 0 Å². The molecule has 0 atom stereocenters. The Kier molecular flexibility index (Phi) is 7.41. The molecule has 0 unspecified atom stereocenters. The zero-order valence-electron chi connectivity index (χ0n) is 17.4. The Morgan fingerprint density at radius 3 is 2.72 bits per heavy atom. The third-order valence-corrected chi connectivity index (χ3v) is 5.15. The third kappa shape index (κ3) is 5.67. The Labute approximate surface area is 172 Å². The molecular formula is C22H31N5O2. The van der Waals surface area contributed by atoms with Gasteiger partial charge in [-0.2, -0.15) is 0 Å². The lowest BCUT2D eigenvalue weighted by molar-refractivity contribution is 0.0941. The van der Waals surface area contributed by atoms with Crippen molar-refractivity contribution in [3.05, 3.63) is 47.6 Å². The lowest BCUT2D eigenvalue weighted by atomic mass is 9.97. The molecule has 0 aliphatic heterocycles. The van der Waals surface area contributed by atoms with Gasteiger partial charge in [-0.25, -0.2) is 4.98 Å². The minimum absolute atomic E-state index is 0.239. The van der Waals surface area contributed by atoms with E-state index in [-0.39, 0.29) is 17.6 Å². The Morgan fingerprint density at radius 2 is 1.97 bits per heavy atom. The number of aromatic nitrogens is 2. The number of nitrogens with zero attached hydrogens (tertiary/aromatic N) is 3. The molecule has 156 valence electrons. The summed E-state index contributed by atoms with van der Waals surface area (Å²) in [6.45, 7) is 2.05. The summed E-state index contributed by atoms with van der Waals surface area (Å²) in [5, 5.41) is 5.86. The van der Waals surface area contributed by atoms with Crippen LogP contribution < -0.4 is 10.6 Å². The van der Waals surface area contributed by atoms with E-state index < -0.39 is 0 Å². The molecule has 7 nitrogen and oxygen atoms in total. The van der Waals surface area contributed by atoms with E-state index in [1.54, 1.807) is 10.6 Å². The number of allylic oxidation sites excluding steroid dienone is 1. The van der Waals surface area contributed by atoms with Gasteiger partial charge in [-0.15, -0.1) is 0 Å². The normalized spacial score (nSPS) is 14.1. The number of imidazole rings is 1. The topological polar surface area (TPSA) is 78.7 Å². The van der Waals surface area contributed by atoms with Crippen LogP contribution in [0.4, 0.5) is 0 Å². The molecular weight excluding hydrogens is 366 g/mol. The summed E-state index contributed by atoms with van der Waals surface area (Å²) >= 11 is 0. The molecule has 0 spiro atoms. The Morgan fingerprint density at radius 1 is 1.14 bits per heavy atom. The van der Waals surface area contributed by atoms with Gasteiger partial charge in [-0.05, 0) is 71.3 Å².